The first-order valence-corrected chi connectivity index (χ1v) is 13.4. The van der Waals surface area contributed by atoms with E-state index in [2.05, 4.69) is 15.8 Å². The molecular formula is C26H20ClN5O3S2. The van der Waals surface area contributed by atoms with E-state index in [0.29, 0.717) is 28.5 Å². The van der Waals surface area contributed by atoms with Gasteiger partial charge in [0.2, 0.25) is 10.0 Å². The number of anilines is 2. The van der Waals surface area contributed by atoms with Gasteiger partial charge in [-0.05, 0) is 71.0 Å². The number of carbonyl (C=O) groups excluding carboxylic acids is 1. The van der Waals surface area contributed by atoms with Gasteiger partial charge < -0.3 is 10.2 Å². The summed E-state index contributed by atoms with van der Waals surface area (Å²) in [6, 6.07) is 24.9. The molecular weight excluding hydrogens is 530 g/mol. The van der Waals surface area contributed by atoms with E-state index in [1.165, 1.54) is 24.3 Å². The van der Waals surface area contributed by atoms with Crippen molar-refractivity contribution in [2.24, 2.45) is 10.2 Å². The van der Waals surface area contributed by atoms with E-state index in [1.54, 1.807) is 23.1 Å². The lowest BCUT2D eigenvalue weighted by Gasteiger charge is -2.18. The number of rotatable bonds is 5. The van der Waals surface area contributed by atoms with Gasteiger partial charge in [-0.15, -0.1) is 0 Å². The van der Waals surface area contributed by atoms with Crippen LogP contribution in [0.5, 0.6) is 0 Å². The van der Waals surface area contributed by atoms with E-state index in [4.69, 9.17) is 29.0 Å². The summed E-state index contributed by atoms with van der Waals surface area (Å²) >= 11 is 11.6. The maximum absolute atomic E-state index is 13.5. The van der Waals surface area contributed by atoms with Gasteiger partial charge >= 0.3 is 0 Å². The van der Waals surface area contributed by atoms with Gasteiger partial charge in [-0.25, -0.2) is 13.6 Å². The van der Waals surface area contributed by atoms with Gasteiger partial charge in [-0.1, -0.05) is 54.1 Å². The number of hydrogen-bond donors (Lipinski definition) is 3. The van der Waals surface area contributed by atoms with Crippen molar-refractivity contribution in [2.45, 2.75) is 11.4 Å². The molecule has 0 fully saturated rings. The average Bonchev–Trinajstić information content (AvgIpc) is 3.12. The third kappa shape index (κ3) is 5.18. The number of nitrogens with one attached hydrogen (secondary N) is 2. The summed E-state index contributed by atoms with van der Waals surface area (Å²) in [5.74, 6) is -0.294. The van der Waals surface area contributed by atoms with Crippen LogP contribution in [0.2, 0.25) is 5.02 Å². The summed E-state index contributed by atoms with van der Waals surface area (Å²) in [5.41, 5.74) is 5.69. The number of halogens is 1. The van der Waals surface area contributed by atoms with Crippen LogP contribution in [0.25, 0.3) is 10.8 Å². The van der Waals surface area contributed by atoms with Crippen molar-refractivity contribution in [3.8, 4) is 0 Å². The van der Waals surface area contributed by atoms with Crippen molar-refractivity contribution < 1.29 is 13.2 Å². The molecule has 4 aromatic rings. The summed E-state index contributed by atoms with van der Waals surface area (Å²) in [5, 5.41) is 15.1. The minimum absolute atomic E-state index is 0.0183. The molecule has 1 heterocycles. The highest BCUT2D eigenvalue weighted by Crippen LogP contribution is 2.34. The second kappa shape index (κ2) is 9.91. The number of nitrogens with zero attached hydrogens (tertiary/aromatic N) is 2. The van der Waals surface area contributed by atoms with Crippen molar-refractivity contribution in [1.29, 1.82) is 0 Å². The highest BCUT2D eigenvalue weighted by atomic mass is 35.5. The zero-order valence-electron chi connectivity index (χ0n) is 19.2. The minimum atomic E-state index is -3.80. The van der Waals surface area contributed by atoms with Crippen LogP contribution in [-0.2, 0) is 21.4 Å². The highest BCUT2D eigenvalue weighted by molar-refractivity contribution is 7.89. The molecule has 4 aromatic carbocycles. The van der Waals surface area contributed by atoms with Crippen LogP contribution in [0.15, 0.2) is 94.9 Å². The smallest absolute Gasteiger partial charge is 0.279 e. The lowest BCUT2D eigenvalue weighted by molar-refractivity contribution is -0.112. The molecule has 0 spiro atoms. The molecule has 5 rings (SSSR count). The molecule has 0 saturated carbocycles. The molecule has 1 aliphatic heterocycles. The van der Waals surface area contributed by atoms with E-state index in [9.17, 15) is 13.2 Å². The second-order valence-electron chi connectivity index (χ2n) is 8.29. The fourth-order valence-corrected chi connectivity index (χ4v) is 4.99. The number of sulfonamides is 1. The lowest BCUT2D eigenvalue weighted by atomic mass is 10.0. The van der Waals surface area contributed by atoms with Crippen LogP contribution in [-0.4, -0.2) is 25.1 Å². The minimum Gasteiger partial charge on any atom is -0.331 e. The molecule has 4 N–H and O–H groups in total. The number of hydrogen-bond acceptors (Lipinski definition) is 5. The topological polar surface area (TPSA) is 117 Å². The van der Waals surface area contributed by atoms with Crippen molar-refractivity contribution >= 4 is 72.7 Å². The van der Waals surface area contributed by atoms with Gasteiger partial charge in [0, 0.05) is 16.3 Å². The Morgan fingerprint density at radius 1 is 1.00 bits per heavy atom. The molecule has 0 bridgehead atoms. The molecule has 0 aliphatic carbocycles. The Bertz CT molecular complexity index is 1680. The Labute approximate surface area is 223 Å². The Kier molecular flexibility index (Phi) is 6.65. The average molecular weight is 550 g/mol. The maximum Gasteiger partial charge on any atom is 0.279 e. The van der Waals surface area contributed by atoms with Crippen molar-refractivity contribution in [2.75, 3.05) is 10.2 Å². The van der Waals surface area contributed by atoms with E-state index >= 15 is 0 Å². The quantitative estimate of drug-likeness (QED) is 0.251. The SMILES string of the molecule is NS(=O)(=O)c1ccc(NC(=S)NN=C2C(=O)N(Cc3cccc4ccccc34)c3cc(Cl)ccc32)cc1. The zero-order chi connectivity index (χ0) is 26.2. The summed E-state index contributed by atoms with van der Waals surface area (Å²) in [6.45, 7) is 0.339. The second-order valence-corrected chi connectivity index (χ2v) is 10.7. The monoisotopic (exact) mass is 549 g/mol. The number of amides is 1. The highest BCUT2D eigenvalue weighted by Gasteiger charge is 2.34. The Balaban J connectivity index is 1.39. The van der Waals surface area contributed by atoms with E-state index < -0.39 is 10.0 Å². The van der Waals surface area contributed by atoms with Crippen molar-refractivity contribution in [3.63, 3.8) is 0 Å². The first kappa shape index (κ1) is 24.8. The number of benzene rings is 4. The number of fused-ring (bicyclic) bond motifs is 2. The van der Waals surface area contributed by atoms with Crippen LogP contribution in [0, 0.1) is 0 Å². The number of primary sulfonamides is 1. The molecule has 0 saturated heterocycles. The molecule has 0 aromatic heterocycles. The Morgan fingerprint density at radius 3 is 2.49 bits per heavy atom. The van der Waals surface area contributed by atoms with E-state index in [-0.39, 0.29) is 21.6 Å². The van der Waals surface area contributed by atoms with Crippen LogP contribution in [0.1, 0.15) is 11.1 Å². The van der Waals surface area contributed by atoms with Gasteiger partial charge in [0.05, 0.1) is 17.1 Å². The number of carbonyl (C=O) groups is 1. The van der Waals surface area contributed by atoms with E-state index in [0.717, 1.165) is 16.3 Å². The fraction of sp³-hybridized carbons (Fsp3) is 0.0385. The summed E-state index contributed by atoms with van der Waals surface area (Å²) < 4.78 is 22.9. The first-order valence-electron chi connectivity index (χ1n) is 11.1. The maximum atomic E-state index is 13.5. The summed E-state index contributed by atoms with van der Waals surface area (Å²) in [4.78, 5) is 15.1. The predicted molar refractivity (Wildman–Crippen MR) is 150 cm³/mol. The molecule has 1 aliphatic rings. The van der Waals surface area contributed by atoms with Crippen LogP contribution in [0.3, 0.4) is 0 Å². The fourth-order valence-electron chi connectivity index (χ4n) is 4.14. The molecule has 0 unspecified atom stereocenters. The van der Waals surface area contributed by atoms with Crippen LogP contribution >= 0.6 is 23.8 Å². The van der Waals surface area contributed by atoms with Crippen molar-refractivity contribution in [3.05, 3.63) is 101 Å². The Hall–Kier alpha value is -3.83. The zero-order valence-corrected chi connectivity index (χ0v) is 21.6. The largest absolute Gasteiger partial charge is 0.331 e. The number of nitrogens with two attached hydrogens (primary N) is 1. The number of hydrazone groups is 1. The standard InChI is InChI=1S/C26H20ClN5O3S2/c27-18-8-13-22-23(14-18)32(15-17-6-3-5-16-4-1-2-7-21(16)17)25(33)24(22)30-31-26(36)29-19-9-11-20(12-10-19)37(28,34)35/h1-14H,15H2,(H2,28,34,35)(H2,29,31,36). The third-order valence-electron chi connectivity index (χ3n) is 5.87. The molecule has 0 radical (unpaired) electrons. The normalized spacial score (nSPS) is 14.2. The molecule has 1 amide bonds. The van der Waals surface area contributed by atoms with Gasteiger partial charge in [0.1, 0.15) is 0 Å². The number of thiocarbonyl (C=S) groups is 1. The molecule has 37 heavy (non-hydrogen) atoms. The van der Waals surface area contributed by atoms with Crippen LogP contribution in [0.4, 0.5) is 11.4 Å². The van der Waals surface area contributed by atoms with Crippen molar-refractivity contribution in [1.82, 2.24) is 5.43 Å². The summed E-state index contributed by atoms with van der Waals surface area (Å²) in [6.07, 6.45) is 0. The van der Waals surface area contributed by atoms with Gasteiger partial charge in [-0.3, -0.25) is 10.2 Å². The first-order chi connectivity index (χ1) is 17.7. The lowest BCUT2D eigenvalue weighted by Crippen LogP contribution is -2.32. The predicted octanol–water partition coefficient (Wildman–Crippen LogP) is 4.38. The molecule has 8 nitrogen and oxygen atoms in total. The molecule has 11 heteroatoms. The van der Waals surface area contributed by atoms with E-state index in [1.807, 2.05) is 42.5 Å². The summed E-state index contributed by atoms with van der Waals surface area (Å²) in [7, 11) is -3.80. The molecule has 0 atom stereocenters. The molecule has 186 valence electrons. The third-order valence-corrected chi connectivity index (χ3v) is 7.23. The van der Waals surface area contributed by atoms with Gasteiger partial charge in [-0.2, -0.15) is 5.10 Å². The van der Waals surface area contributed by atoms with Crippen LogP contribution < -0.4 is 20.8 Å². The Morgan fingerprint density at radius 2 is 1.73 bits per heavy atom. The van der Waals surface area contributed by atoms with Gasteiger partial charge in [0.25, 0.3) is 5.91 Å². The van der Waals surface area contributed by atoms with Gasteiger partial charge in [0.15, 0.2) is 10.8 Å².